The van der Waals surface area contributed by atoms with Gasteiger partial charge in [-0.25, -0.2) is 0 Å². The molecule has 2 bridgehead atoms. The minimum Gasteiger partial charge on any atom is -0.493 e. The van der Waals surface area contributed by atoms with Gasteiger partial charge in [0.25, 0.3) is 5.56 Å². The fourth-order valence-corrected chi connectivity index (χ4v) is 4.87. The van der Waals surface area contributed by atoms with E-state index in [0.717, 1.165) is 24.2 Å². The van der Waals surface area contributed by atoms with Crippen molar-refractivity contribution in [3.8, 4) is 17.6 Å². The first kappa shape index (κ1) is 20.9. The Morgan fingerprint density at radius 2 is 1.97 bits per heavy atom. The van der Waals surface area contributed by atoms with Gasteiger partial charge in [-0.2, -0.15) is 10.2 Å². The fourth-order valence-electron chi connectivity index (χ4n) is 4.87. The molecule has 3 aromatic rings. The van der Waals surface area contributed by atoms with Crippen LogP contribution in [0.1, 0.15) is 35.2 Å². The summed E-state index contributed by atoms with van der Waals surface area (Å²) in [6.45, 7) is 2.09. The minimum absolute atomic E-state index is 0.0515. The van der Waals surface area contributed by atoms with Crippen LogP contribution in [0.2, 0.25) is 0 Å². The lowest BCUT2D eigenvalue weighted by atomic mass is 9.83. The van der Waals surface area contributed by atoms with E-state index in [9.17, 15) is 10.1 Å². The molecule has 2 atom stereocenters. The highest BCUT2D eigenvalue weighted by Crippen LogP contribution is 2.38. The highest BCUT2D eigenvalue weighted by Gasteiger charge is 2.36. The number of aromatic nitrogens is 2. The third-order valence-electron chi connectivity index (χ3n) is 6.32. The van der Waals surface area contributed by atoms with Gasteiger partial charge in [0, 0.05) is 43.4 Å². The van der Waals surface area contributed by atoms with E-state index in [1.165, 1.54) is 0 Å². The Hall–Kier alpha value is -3.99. The molecule has 4 heterocycles. The van der Waals surface area contributed by atoms with E-state index in [4.69, 9.17) is 13.9 Å². The number of hydrogen-bond acceptors (Lipinski definition) is 7. The summed E-state index contributed by atoms with van der Waals surface area (Å²) in [4.78, 5) is 18.7. The highest BCUT2D eigenvalue weighted by atomic mass is 16.5. The molecule has 0 N–H and O–H groups in total. The first-order valence-electron chi connectivity index (χ1n) is 10.9. The third kappa shape index (κ3) is 3.87. The number of ether oxygens (including phenoxy) is 2. The molecule has 0 amide bonds. The summed E-state index contributed by atoms with van der Waals surface area (Å²) in [5, 5.41) is 9.67. The first-order valence-corrected chi connectivity index (χ1v) is 10.9. The predicted octanol–water partition coefficient (Wildman–Crippen LogP) is 3.52. The number of pyridine rings is 1. The van der Waals surface area contributed by atoms with Gasteiger partial charge >= 0.3 is 0 Å². The van der Waals surface area contributed by atoms with Crippen molar-refractivity contribution < 1.29 is 13.9 Å². The minimum atomic E-state index is 0.0515. The summed E-state index contributed by atoms with van der Waals surface area (Å²) in [7, 11) is 3.18. The topological polar surface area (TPSA) is 93.5 Å². The fraction of sp³-hybridized carbons (Fsp3) is 0.320. The second-order valence-electron chi connectivity index (χ2n) is 8.37. The van der Waals surface area contributed by atoms with E-state index in [2.05, 4.69) is 16.0 Å². The van der Waals surface area contributed by atoms with E-state index in [-0.39, 0.29) is 17.2 Å². The number of anilines is 1. The van der Waals surface area contributed by atoms with Crippen molar-refractivity contribution in [3.05, 3.63) is 69.6 Å². The zero-order chi connectivity index (χ0) is 22.9. The molecule has 8 nitrogen and oxygen atoms in total. The Labute approximate surface area is 191 Å². The molecule has 0 saturated carbocycles. The first-order chi connectivity index (χ1) is 16.1. The van der Waals surface area contributed by atoms with Gasteiger partial charge < -0.3 is 23.4 Å². The van der Waals surface area contributed by atoms with Crippen molar-refractivity contribution in [2.24, 2.45) is 5.92 Å². The van der Waals surface area contributed by atoms with Gasteiger partial charge in [0.15, 0.2) is 11.5 Å². The molecule has 2 aromatic heterocycles. The normalized spacial score (nSPS) is 19.2. The van der Waals surface area contributed by atoms with Crippen LogP contribution < -0.4 is 19.9 Å². The standard InChI is InChI=1S/C25H24N4O4/c1-31-21-8-6-16(11-22(21)32-2)7-9-23-27-19(12-26)25(33-23)28-13-17-10-18(15-28)20-4-3-5-24(30)29(20)14-17/h3-9,11,17-18H,10,13-15H2,1-2H3/b9-7+/t17-,18+/m0/s1. The molecule has 0 aliphatic carbocycles. The number of fused-ring (bicyclic) bond motifs is 4. The summed E-state index contributed by atoms with van der Waals surface area (Å²) >= 11 is 0. The van der Waals surface area contributed by atoms with Crippen LogP contribution in [0.25, 0.3) is 12.2 Å². The van der Waals surface area contributed by atoms with Crippen molar-refractivity contribution in [3.63, 3.8) is 0 Å². The number of nitrogens with zero attached hydrogens (tertiary/aromatic N) is 4. The van der Waals surface area contributed by atoms with Gasteiger partial charge in [-0.3, -0.25) is 4.79 Å². The maximum Gasteiger partial charge on any atom is 0.250 e. The van der Waals surface area contributed by atoms with Crippen molar-refractivity contribution in [2.45, 2.75) is 18.9 Å². The Bertz CT molecular complexity index is 1320. The SMILES string of the molecule is COc1ccc(/C=C/c2nc(C#N)c(N3C[C@@H]4C[C@H](C3)c3cccc(=O)n3C4)o2)cc1OC. The number of piperidine rings is 1. The Morgan fingerprint density at radius 1 is 1.12 bits per heavy atom. The zero-order valence-electron chi connectivity index (χ0n) is 18.5. The Kier molecular flexibility index (Phi) is 5.38. The maximum atomic E-state index is 12.3. The number of hydrogen-bond donors (Lipinski definition) is 0. The average molecular weight is 444 g/mol. The van der Waals surface area contributed by atoms with Gasteiger partial charge in [-0.1, -0.05) is 12.1 Å². The molecule has 2 aliphatic rings. The summed E-state index contributed by atoms with van der Waals surface area (Å²) in [6.07, 6.45) is 4.62. The summed E-state index contributed by atoms with van der Waals surface area (Å²) < 4.78 is 18.5. The van der Waals surface area contributed by atoms with Crippen molar-refractivity contribution in [1.29, 1.82) is 5.26 Å². The molecule has 1 fully saturated rings. The summed E-state index contributed by atoms with van der Waals surface area (Å²) in [5.41, 5.74) is 2.26. The molecule has 1 aromatic carbocycles. The molecular formula is C25H24N4O4. The van der Waals surface area contributed by atoms with E-state index in [1.807, 2.05) is 41.0 Å². The van der Waals surface area contributed by atoms with E-state index in [1.54, 1.807) is 26.4 Å². The second kappa shape index (κ2) is 8.51. The van der Waals surface area contributed by atoms with Crippen molar-refractivity contribution in [1.82, 2.24) is 9.55 Å². The van der Waals surface area contributed by atoms with Gasteiger partial charge in [-0.05, 0) is 42.2 Å². The van der Waals surface area contributed by atoms with Gasteiger partial charge in [0.1, 0.15) is 6.07 Å². The van der Waals surface area contributed by atoms with E-state index < -0.39 is 0 Å². The lowest BCUT2D eigenvalue weighted by Crippen LogP contribution is -2.47. The largest absolute Gasteiger partial charge is 0.493 e. The van der Waals surface area contributed by atoms with Crippen molar-refractivity contribution >= 4 is 18.0 Å². The zero-order valence-corrected chi connectivity index (χ0v) is 18.5. The molecule has 8 heteroatoms. The molecule has 0 spiro atoms. The van der Waals surface area contributed by atoms with E-state index in [0.29, 0.717) is 42.3 Å². The molecule has 168 valence electrons. The smallest absolute Gasteiger partial charge is 0.250 e. The number of methoxy groups -OCH3 is 2. The van der Waals surface area contributed by atoms with Crippen LogP contribution in [0, 0.1) is 17.2 Å². The molecule has 33 heavy (non-hydrogen) atoms. The summed E-state index contributed by atoms with van der Waals surface area (Å²) in [5.74, 6) is 2.67. The van der Waals surface area contributed by atoms with Crippen LogP contribution in [-0.4, -0.2) is 36.9 Å². The predicted molar refractivity (Wildman–Crippen MR) is 123 cm³/mol. The number of oxazole rings is 1. The average Bonchev–Trinajstić information content (AvgIpc) is 3.26. The lowest BCUT2D eigenvalue weighted by molar-refractivity contribution is 0.275. The number of benzene rings is 1. The van der Waals surface area contributed by atoms with E-state index >= 15 is 0 Å². The van der Waals surface area contributed by atoms with Crippen LogP contribution in [0.5, 0.6) is 11.5 Å². The quantitative estimate of drug-likeness (QED) is 0.594. The number of rotatable bonds is 5. The molecule has 2 aliphatic heterocycles. The van der Waals surface area contributed by atoms with Gasteiger partial charge in [0.2, 0.25) is 17.5 Å². The van der Waals surface area contributed by atoms with Crippen LogP contribution >= 0.6 is 0 Å². The molecular weight excluding hydrogens is 420 g/mol. The third-order valence-corrected chi connectivity index (χ3v) is 6.32. The van der Waals surface area contributed by atoms with Crippen LogP contribution in [0.3, 0.4) is 0 Å². The van der Waals surface area contributed by atoms with Crippen molar-refractivity contribution in [2.75, 3.05) is 32.2 Å². The molecule has 0 unspecified atom stereocenters. The van der Waals surface area contributed by atoms with Gasteiger partial charge in [0.05, 0.1) is 14.2 Å². The van der Waals surface area contributed by atoms with Crippen LogP contribution in [0.4, 0.5) is 5.88 Å². The maximum absolute atomic E-state index is 12.3. The van der Waals surface area contributed by atoms with Gasteiger partial charge in [-0.15, -0.1) is 0 Å². The van der Waals surface area contributed by atoms with Crippen LogP contribution in [0.15, 0.2) is 45.6 Å². The second-order valence-corrected chi connectivity index (χ2v) is 8.37. The lowest BCUT2D eigenvalue weighted by Gasteiger charge is -2.42. The molecule has 1 saturated heterocycles. The molecule has 0 radical (unpaired) electrons. The molecule has 5 rings (SSSR count). The summed E-state index contributed by atoms with van der Waals surface area (Å²) in [6, 6.07) is 13.2. The highest BCUT2D eigenvalue weighted by molar-refractivity contribution is 5.69. The Balaban J connectivity index is 1.40. The number of nitriles is 1. The Morgan fingerprint density at radius 3 is 2.76 bits per heavy atom. The monoisotopic (exact) mass is 444 g/mol. The van der Waals surface area contributed by atoms with Crippen LogP contribution in [-0.2, 0) is 6.54 Å².